The van der Waals surface area contributed by atoms with Crippen molar-refractivity contribution in [3.63, 3.8) is 0 Å². The van der Waals surface area contributed by atoms with Gasteiger partial charge in [-0.2, -0.15) is 0 Å². The van der Waals surface area contributed by atoms with Crippen LogP contribution in [0.25, 0.3) is 0 Å². The van der Waals surface area contributed by atoms with Crippen molar-refractivity contribution in [2.45, 2.75) is 19.4 Å². The second-order valence-corrected chi connectivity index (χ2v) is 7.41. The first-order valence-electron chi connectivity index (χ1n) is 10.1. The zero-order valence-corrected chi connectivity index (χ0v) is 17.5. The second kappa shape index (κ2) is 8.49. The smallest absolute Gasteiger partial charge is 0.322 e. The Kier molecular flexibility index (Phi) is 5.61. The number of urea groups is 1. The highest BCUT2D eigenvalue weighted by atomic mass is 16.5. The molecule has 1 aliphatic heterocycles. The van der Waals surface area contributed by atoms with E-state index < -0.39 is 0 Å². The van der Waals surface area contributed by atoms with Crippen LogP contribution in [0.5, 0.6) is 11.5 Å². The molecule has 5 nitrogen and oxygen atoms in total. The molecule has 0 saturated carbocycles. The third-order valence-corrected chi connectivity index (χ3v) is 5.64. The monoisotopic (exact) mass is 402 g/mol. The number of fused-ring (bicyclic) bond motifs is 1. The number of benzene rings is 3. The summed E-state index contributed by atoms with van der Waals surface area (Å²) in [6.45, 7) is 2.60. The number of hydrogen-bond donors (Lipinski definition) is 1. The number of amides is 2. The number of nitrogens with one attached hydrogen (secondary N) is 1. The van der Waals surface area contributed by atoms with E-state index in [4.69, 9.17) is 9.47 Å². The highest BCUT2D eigenvalue weighted by Gasteiger charge is 2.33. The van der Waals surface area contributed by atoms with Gasteiger partial charge in [-0.15, -0.1) is 0 Å². The molecule has 30 heavy (non-hydrogen) atoms. The Morgan fingerprint density at radius 3 is 2.33 bits per heavy atom. The van der Waals surface area contributed by atoms with Gasteiger partial charge in [0.1, 0.15) is 0 Å². The lowest BCUT2D eigenvalue weighted by molar-refractivity contribution is 0.193. The van der Waals surface area contributed by atoms with Gasteiger partial charge < -0.3 is 19.7 Å². The summed E-state index contributed by atoms with van der Waals surface area (Å²) in [6.07, 6.45) is 0.750. The standard InChI is InChI=1S/C25H26N2O3/c1-17-9-7-8-12-21(17)26-25(28)27-14-13-19-15-22(29-2)23(30-3)16-20(19)24(27)18-10-5-4-6-11-18/h4-12,15-16,24H,13-14H2,1-3H3,(H,26,28)/t24-/m1/s1. The van der Waals surface area contributed by atoms with E-state index in [0.717, 1.165) is 28.8 Å². The quantitative estimate of drug-likeness (QED) is 0.653. The first kappa shape index (κ1) is 19.8. The molecule has 154 valence electrons. The fourth-order valence-corrected chi connectivity index (χ4v) is 4.06. The van der Waals surface area contributed by atoms with E-state index in [-0.39, 0.29) is 12.1 Å². The van der Waals surface area contributed by atoms with Crippen LogP contribution in [0.4, 0.5) is 10.5 Å². The molecule has 0 bridgehead atoms. The van der Waals surface area contributed by atoms with E-state index in [1.165, 1.54) is 5.56 Å². The van der Waals surface area contributed by atoms with Crippen LogP contribution in [0.2, 0.25) is 0 Å². The van der Waals surface area contributed by atoms with Gasteiger partial charge in [0, 0.05) is 12.2 Å². The molecule has 0 spiro atoms. The minimum atomic E-state index is -0.209. The van der Waals surface area contributed by atoms with E-state index in [9.17, 15) is 4.79 Å². The Labute approximate surface area is 177 Å². The lowest BCUT2D eigenvalue weighted by atomic mass is 9.88. The number of anilines is 1. The number of hydrogen-bond acceptors (Lipinski definition) is 3. The number of nitrogens with zero attached hydrogens (tertiary/aromatic N) is 1. The molecule has 1 atom stereocenters. The molecule has 1 aliphatic rings. The van der Waals surface area contributed by atoms with Crippen molar-refractivity contribution in [3.8, 4) is 11.5 Å². The number of carbonyl (C=O) groups excluding carboxylic acids is 1. The molecular formula is C25H26N2O3. The van der Waals surface area contributed by atoms with Crippen LogP contribution in [0.3, 0.4) is 0 Å². The summed E-state index contributed by atoms with van der Waals surface area (Å²) in [4.78, 5) is 15.2. The average molecular weight is 402 g/mol. The normalized spacial score (nSPS) is 15.3. The largest absolute Gasteiger partial charge is 0.493 e. The van der Waals surface area contributed by atoms with Gasteiger partial charge in [-0.1, -0.05) is 48.5 Å². The summed E-state index contributed by atoms with van der Waals surface area (Å²) < 4.78 is 11.0. The number of ether oxygens (including phenoxy) is 2. The highest BCUT2D eigenvalue weighted by molar-refractivity contribution is 5.91. The molecule has 0 unspecified atom stereocenters. The van der Waals surface area contributed by atoms with Crippen LogP contribution in [0, 0.1) is 6.92 Å². The number of para-hydroxylation sites is 1. The van der Waals surface area contributed by atoms with Crippen LogP contribution in [0.1, 0.15) is 28.3 Å². The lowest BCUT2D eigenvalue weighted by Gasteiger charge is -2.38. The Hall–Kier alpha value is -3.47. The number of rotatable bonds is 4. The maximum absolute atomic E-state index is 13.3. The first-order chi connectivity index (χ1) is 14.6. The molecule has 2 amide bonds. The molecule has 0 fully saturated rings. The maximum Gasteiger partial charge on any atom is 0.322 e. The van der Waals surface area contributed by atoms with Crippen LogP contribution in [-0.4, -0.2) is 31.7 Å². The van der Waals surface area contributed by atoms with E-state index in [0.29, 0.717) is 18.0 Å². The summed E-state index contributed by atoms with van der Waals surface area (Å²) in [7, 11) is 3.27. The van der Waals surface area contributed by atoms with Gasteiger partial charge in [-0.05, 0) is 53.8 Å². The summed E-state index contributed by atoms with van der Waals surface area (Å²) in [5.41, 5.74) is 5.15. The van der Waals surface area contributed by atoms with Gasteiger partial charge in [-0.3, -0.25) is 0 Å². The Balaban J connectivity index is 1.76. The molecule has 4 rings (SSSR count). The lowest BCUT2D eigenvalue weighted by Crippen LogP contribution is -2.43. The molecule has 5 heteroatoms. The van der Waals surface area contributed by atoms with Crippen molar-refractivity contribution in [2.24, 2.45) is 0 Å². The minimum Gasteiger partial charge on any atom is -0.493 e. The second-order valence-electron chi connectivity index (χ2n) is 7.41. The van der Waals surface area contributed by atoms with E-state index in [2.05, 4.69) is 17.4 Å². The van der Waals surface area contributed by atoms with Crippen LogP contribution >= 0.6 is 0 Å². The highest BCUT2D eigenvalue weighted by Crippen LogP contribution is 2.41. The van der Waals surface area contributed by atoms with E-state index in [1.54, 1.807) is 14.2 Å². The van der Waals surface area contributed by atoms with Crippen LogP contribution in [-0.2, 0) is 6.42 Å². The van der Waals surface area contributed by atoms with E-state index in [1.807, 2.05) is 66.4 Å². The summed E-state index contributed by atoms with van der Waals surface area (Å²) in [5.74, 6) is 1.37. The number of carbonyl (C=O) groups is 1. The summed E-state index contributed by atoms with van der Waals surface area (Å²) in [5, 5.41) is 3.09. The van der Waals surface area contributed by atoms with Crippen molar-refractivity contribution in [2.75, 3.05) is 26.1 Å². The van der Waals surface area contributed by atoms with E-state index >= 15 is 0 Å². The fourth-order valence-electron chi connectivity index (χ4n) is 4.06. The molecule has 1 heterocycles. The van der Waals surface area contributed by atoms with Gasteiger partial charge in [0.2, 0.25) is 0 Å². The van der Waals surface area contributed by atoms with Crippen molar-refractivity contribution in [3.05, 3.63) is 89.0 Å². The SMILES string of the molecule is COc1cc2c(cc1OC)[C@@H](c1ccccc1)N(C(=O)Nc1ccccc1C)CC2. The van der Waals surface area contributed by atoms with Gasteiger partial charge in [-0.25, -0.2) is 4.79 Å². The number of aryl methyl sites for hydroxylation is 1. The zero-order chi connectivity index (χ0) is 21.1. The fraction of sp³-hybridized carbons (Fsp3) is 0.240. The van der Waals surface area contributed by atoms with Gasteiger partial charge in [0.05, 0.1) is 20.3 Å². The topological polar surface area (TPSA) is 50.8 Å². The Morgan fingerprint density at radius 1 is 0.967 bits per heavy atom. The predicted molar refractivity (Wildman–Crippen MR) is 118 cm³/mol. The molecular weight excluding hydrogens is 376 g/mol. The molecule has 3 aromatic rings. The molecule has 0 aromatic heterocycles. The first-order valence-corrected chi connectivity index (χ1v) is 10.1. The zero-order valence-electron chi connectivity index (χ0n) is 17.5. The maximum atomic E-state index is 13.3. The third kappa shape index (κ3) is 3.71. The Bertz CT molecular complexity index is 1050. The Morgan fingerprint density at radius 2 is 1.63 bits per heavy atom. The van der Waals surface area contributed by atoms with Crippen molar-refractivity contribution in [1.29, 1.82) is 0 Å². The summed E-state index contributed by atoms with van der Waals surface area (Å²) in [6, 6.07) is 21.6. The van der Waals surface area contributed by atoms with Crippen LogP contribution < -0.4 is 14.8 Å². The van der Waals surface area contributed by atoms with Gasteiger partial charge in [0.25, 0.3) is 0 Å². The third-order valence-electron chi connectivity index (χ3n) is 5.64. The molecule has 0 radical (unpaired) electrons. The van der Waals surface area contributed by atoms with Crippen LogP contribution in [0.15, 0.2) is 66.7 Å². The van der Waals surface area contributed by atoms with Crippen molar-refractivity contribution in [1.82, 2.24) is 4.90 Å². The molecule has 1 N–H and O–H groups in total. The summed E-state index contributed by atoms with van der Waals surface area (Å²) >= 11 is 0. The van der Waals surface area contributed by atoms with Gasteiger partial charge in [0.15, 0.2) is 11.5 Å². The molecule has 3 aromatic carbocycles. The molecule has 0 saturated heterocycles. The predicted octanol–water partition coefficient (Wildman–Crippen LogP) is 5.19. The number of methoxy groups -OCH3 is 2. The minimum absolute atomic E-state index is 0.112. The molecule has 0 aliphatic carbocycles. The van der Waals surface area contributed by atoms with Crippen molar-refractivity contribution < 1.29 is 14.3 Å². The van der Waals surface area contributed by atoms with Crippen molar-refractivity contribution >= 4 is 11.7 Å². The average Bonchev–Trinajstić information content (AvgIpc) is 2.79. The van der Waals surface area contributed by atoms with Gasteiger partial charge >= 0.3 is 6.03 Å².